The van der Waals surface area contributed by atoms with Crippen molar-refractivity contribution < 1.29 is 9.53 Å². The molecule has 8 nitrogen and oxygen atoms in total. The summed E-state index contributed by atoms with van der Waals surface area (Å²) < 4.78 is 6.21. The first-order valence-electron chi connectivity index (χ1n) is 11.4. The number of rotatable bonds is 9. The number of carbonyl (C=O) groups is 1. The number of ether oxygens (including phenoxy) is 1. The van der Waals surface area contributed by atoms with Gasteiger partial charge in [-0.25, -0.2) is 4.99 Å². The maximum absolute atomic E-state index is 13.2. The van der Waals surface area contributed by atoms with Gasteiger partial charge in [0.1, 0.15) is 12.6 Å². The van der Waals surface area contributed by atoms with Crippen molar-refractivity contribution in [3.63, 3.8) is 0 Å². The molecule has 0 radical (unpaired) electrons. The summed E-state index contributed by atoms with van der Waals surface area (Å²) in [5.74, 6) is 0.0902. The highest BCUT2D eigenvalue weighted by Gasteiger charge is 2.38. The van der Waals surface area contributed by atoms with E-state index in [1.165, 1.54) is 0 Å². The minimum Gasteiger partial charge on any atom is -0.455 e. The Hall–Kier alpha value is -2.48. The van der Waals surface area contributed by atoms with Gasteiger partial charge in [-0.2, -0.15) is 4.91 Å². The van der Waals surface area contributed by atoms with Crippen LogP contribution in [0, 0.1) is 10.8 Å². The highest BCUT2D eigenvalue weighted by atomic mass is 16.5. The highest BCUT2D eigenvalue weighted by Crippen LogP contribution is 2.30. The third-order valence-electron chi connectivity index (χ3n) is 6.28. The van der Waals surface area contributed by atoms with E-state index in [1.807, 2.05) is 49.1 Å². The lowest BCUT2D eigenvalue weighted by molar-refractivity contribution is -0.140. The molecule has 2 aliphatic heterocycles. The molecule has 8 heteroatoms. The molecule has 4 atom stereocenters. The topological polar surface area (TPSA) is 101 Å². The van der Waals surface area contributed by atoms with Crippen molar-refractivity contribution >= 4 is 11.9 Å². The first kappa shape index (κ1) is 23.2. The maximum atomic E-state index is 13.2. The molecule has 2 heterocycles. The molecule has 1 amide bonds. The lowest BCUT2D eigenvalue weighted by Gasteiger charge is -2.42. The molecular weight excluding hydrogens is 394 g/mol. The Labute approximate surface area is 184 Å². The number of amidine groups is 1. The zero-order valence-corrected chi connectivity index (χ0v) is 18.7. The van der Waals surface area contributed by atoms with Gasteiger partial charge in [-0.15, -0.1) is 0 Å². The molecule has 1 unspecified atom stereocenters. The third-order valence-corrected chi connectivity index (χ3v) is 6.28. The average Bonchev–Trinajstić information content (AvgIpc) is 3.19. The Balaban J connectivity index is 1.65. The Kier molecular flexibility index (Phi) is 8.40. The van der Waals surface area contributed by atoms with E-state index < -0.39 is 0 Å². The van der Waals surface area contributed by atoms with E-state index >= 15 is 0 Å². The number of hydrogen-bond donors (Lipinski definition) is 1. The molecule has 2 aliphatic rings. The monoisotopic (exact) mass is 429 g/mol. The number of benzene rings is 1. The summed E-state index contributed by atoms with van der Waals surface area (Å²) in [4.78, 5) is 33.0. The number of piperazine rings is 1. The second-order valence-electron chi connectivity index (χ2n) is 8.43. The van der Waals surface area contributed by atoms with Crippen molar-refractivity contribution in [1.29, 1.82) is 0 Å². The van der Waals surface area contributed by atoms with Gasteiger partial charge in [0.2, 0.25) is 5.91 Å². The number of nitroso groups, excluding NO2 is 1. The standard InChI is InChI=1S/C23H35N5O3/c1-3-18(9-7-8-12-24)22(29)28-14-13-27(16-20(28)15-25-30)23-26-17(2)21(31-23)19-10-5-4-6-11-19/h4-6,10-11,17-18,20-21H,3,7-9,12-16,24H2,1-2H3/t17-,18+,20?,21+/m0/s1. The number of carbonyl (C=O) groups excluding carboxylic acids is 1. The highest BCUT2D eigenvalue weighted by molar-refractivity contribution is 5.80. The predicted molar refractivity (Wildman–Crippen MR) is 122 cm³/mol. The van der Waals surface area contributed by atoms with Crippen molar-refractivity contribution in [2.45, 2.75) is 57.7 Å². The number of nitrogens with two attached hydrogens (primary N) is 1. The molecule has 0 spiro atoms. The number of aliphatic imine (C=N–C) groups is 1. The fourth-order valence-electron chi connectivity index (χ4n) is 4.46. The summed E-state index contributed by atoms with van der Waals surface area (Å²) in [6.07, 6.45) is 3.37. The van der Waals surface area contributed by atoms with E-state index in [0.29, 0.717) is 32.2 Å². The zero-order chi connectivity index (χ0) is 22.2. The molecule has 0 saturated carbocycles. The average molecular weight is 430 g/mol. The van der Waals surface area contributed by atoms with Crippen molar-refractivity contribution in [3.05, 3.63) is 40.8 Å². The minimum atomic E-state index is -0.264. The first-order valence-corrected chi connectivity index (χ1v) is 11.4. The smallest absolute Gasteiger partial charge is 0.288 e. The van der Waals surface area contributed by atoms with Gasteiger partial charge in [0.05, 0.1) is 12.1 Å². The van der Waals surface area contributed by atoms with Crippen LogP contribution in [-0.2, 0) is 9.53 Å². The molecule has 0 bridgehead atoms. The van der Waals surface area contributed by atoms with Crippen molar-refractivity contribution in [3.8, 4) is 0 Å². The summed E-state index contributed by atoms with van der Waals surface area (Å²) in [6.45, 7) is 6.48. The van der Waals surface area contributed by atoms with Crippen LogP contribution in [0.2, 0.25) is 0 Å². The fraction of sp³-hybridized carbons (Fsp3) is 0.652. The summed E-state index contributed by atoms with van der Waals surface area (Å²) in [7, 11) is 0. The summed E-state index contributed by atoms with van der Waals surface area (Å²) in [6, 6.07) is 10.4. The van der Waals surface area contributed by atoms with Crippen LogP contribution >= 0.6 is 0 Å². The number of nitrogens with zero attached hydrogens (tertiary/aromatic N) is 4. The normalized spacial score (nSPS) is 24.5. The fourth-order valence-corrected chi connectivity index (χ4v) is 4.46. The van der Waals surface area contributed by atoms with Gasteiger partial charge < -0.3 is 20.3 Å². The van der Waals surface area contributed by atoms with Crippen LogP contribution in [0.5, 0.6) is 0 Å². The molecule has 1 aromatic rings. The molecule has 31 heavy (non-hydrogen) atoms. The van der Waals surface area contributed by atoms with Crippen LogP contribution in [0.25, 0.3) is 0 Å². The maximum Gasteiger partial charge on any atom is 0.288 e. The van der Waals surface area contributed by atoms with E-state index in [0.717, 1.165) is 31.2 Å². The van der Waals surface area contributed by atoms with Gasteiger partial charge in [0.15, 0.2) is 0 Å². The molecule has 170 valence electrons. The SMILES string of the molecule is CC[C@H](CCCCN)C(=O)N1CCN(C2=N[C@@H](C)[C@H](c3ccccc3)O2)CC1CN=O. The summed E-state index contributed by atoms with van der Waals surface area (Å²) in [5.41, 5.74) is 6.69. The molecule has 0 aliphatic carbocycles. The van der Waals surface area contributed by atoms with E-state index in [9.17, 15) is 9.70 Å². The molecule has 2 N–H and O–H groups in total. The minimum absolute atomic E-state index is 0.00623. The van der Waals surface area contributed by atoms with Gasteiger partial charge >= 0.3 is 0 Å². The Bertz CT molecular complexity index is 757. The van der Waals surface area contributed by atoms with Crippen LogP contribution in [0.15, 0.2) is 40.5 Å². The Morgan fingerprint density at radius 2 is 2.06 bits per heavy atom. The predicted octanol–water partition coefficient (Wildman–Crippen LogP) is 2.94. The third kappa shape index (κ3) is 5.61. The number of hydrogen-bond acceptors (Lipinski definition) is 7. The van der Waals surface area contributed by atoms with Crippen LogP contribution < -0.4 is 5.73 Å². The summed E-state index contributed by atoms with van der Waals surface area (Å²) in [5, 5.41) is 3.12. The lowest BCUT2D eigenvalue weighted by atomic mass is 9.96. The molecule has 1 aromatic carbocycles. The van der Waals surface area contributed by atoms with Gasteiger partial charge in [-0.3, -0.25) is 4.79 Å². The largest absolute Gasteiger partial charge is 0.455 e. The molecule has 0 aromatic heterocycles. The van der Waals surface area contributed by atoms with E-state index in [1.54, 1.807) is 0 Å². The van der Waals surface area contributed by atoms with E-state index in [2.05, 4.69) is 10.1 Å². The lowest BCUT2D eigenvalue weighted by Crippen LogP contribution is -2.58. The van der Waals surface area contributed by atoms with Crippen molar-refractivity contribution in [2.24, 2.45) is 21.8 Å². The number of unbranched alkanes of at least 4 members (excludes halogenated alkanes) is 1. The summed E-state index contributed by atoms with van der Waals surface area (Å²) >= 11 is 0. The Morgan fingerprint density at radius 3 is 2.74 bits per heavy atom. The van der Waals surface area contributed by atoms with Crippen molar-refractivity contribution in [2.75, 3.05) is 32.7 Å². The van der Waals surface area contributed by atoms with Crippen molar-refractivity contribution in [1.82, 2.24) is 9.80 Å². The van der Waals surface area contributed by atoms with Crippen LogP contribution in [0.4, 0.5) is 0 Å². The zero-order valence-electron chi connectivity index (χ0n) is 18.7. The van der Waals surface area contributed by atoms with Gasteiger partial charge in [-0.05, 0) is 38.3 Å². The van der Waals surface area contributed by atoms with Crippen LogP contribution in [0.3, 0.4) is 0 Å². The second kappa shape index (κ2) is 11.2. The quantitative estimate of drug-likeness (QED) is 0.480. The molecular formula is C23H35N5O3. The second-order valence-corrected chi connectivity index (χ2v) is 8.43. The Morgan fingerprint density at radius 1 is 1.29 bits per heavy atom. The van der Waals surface area contributed by atoms with E-state index in [4.69, 9.17) is 15.5 Å². The van der Waals surface area contributed by atoms with E-state index in [-0.39, 0.29) is 36.6 Å². The number of amides is 1. The van der Waals surface area contributed by atoms with Gasteiger partial charge in [-0.1, -0.05) is 48.9 Å². The van der Waals surface area contributed by atoms with Gasteiger partial charge in [0.25, 0.3) is 6.02 Å². The first-order chi connectivity index (χ1) is 15.1. The van der Waals surface area contributed by atoms with Gasteiger partial charge in [0, 0.05) is 25.6 Å². The van der Waals surface area contributed by atoms with Crippen LogP contribution in [-0.4, -0.2) is 66.5 Å². The van der Waals surface area contributed by atoms with Crippen LogP contribution in [0.1, 0.15) is 51.2 Å². The molecule has 1 saturated heterocycles. The molecule has 1 fully saturated rings. The molecule has 3 rings (SSSR count).